The Labute approximate surface area is 276 Å². The summed E-state index contributed by atoms with van der Waals surface area (Å²) in [6, 6.07) is 0. The molecule has 0 aromatic carbocycles. The van der Waals surface area contributed by atoms with Crippen LogP contribution in [0.25, 0.3) is 0 Å². The van der Waals surface area contributed by atoms with Gasteiger partial charge in [-0.3, -0.25) is 0 Å². The van der Waals surface area contributed by atoms with Crippen LogP contribution in [0, 0.1) is 111 Å². The van der Waals surface area contributed by atoms with E-state index in [1.165, 1.54) is 32.1 Å². The van der Waals surface area contributed by atoms with Crippen LogP contribution in [-0.2, 0) is 0 Å². The summed E-state index contributed by atoms with van der Waals surface area (Å²) in [5.41, 5.74) is 1.47. The lowest BCUT2D eigenvalue weighted by Crippen LogP contribution is -2.67. The van der Waals surface area contributed by atoms with Gasteiger partial charge in [-0.25, -0.2) is 0 Å². The van der Waals surface area contributed by atoms with Crippen LogP contribution in [0.2, 0.25) is 0 Å². The minimum atomic E-state index is 0.462. The molecule has 44 heavy (non-hydrogen) atoms. The van der Waals surface area contributed by atoms with Crippen LogP contribution >= 0.6 is 0 Å². The smallest absolute Gasteiger partial charge is 0.0215 e. The number of rotatable bonds is 5. The standard InChI is InChI=1S/C44H78/c1-26(2)34-14-13-15-35(22-34)36-19-17-33(20-36)21-37-18-16-28(5)40-30(7)41-32(9)44(12)31(8)39(27(3)4)29(6)23-43(44,11)25-42(41,10)24-38(37)40/h26-41H,13-25H2,1-12H3. The van der Waals surface area contributed by atoms with Crippen molar-refractivity contribution in [1.29, 1.82) is 0 Å². The fraction of sp³-hybridized carbons (Fsp3) is 1.00. The van der Waals surface area contributed by atoms with E-state index in [-0.39, 0.29) is 0 Å². The molecule has 0 bridgehead atoms. The van der Waals surface area contributed by atoms with E-state index in [0.29, 0.717) is 16.2 Å². The SMILES string of the molecule is CC(C)C1CCCC(C2CCC(CC3CCC(C)C4C(C)C5C(C)C6(C)C(C)C(C(C)C)C(C)CC6(C)CC5(C)CC34)C2)C1. The van der Waals surface area contributed by atoms with Gasteiger partial charge >= 0.3 is 0 Å². The molecule has 0 spiro atoms. The Morgan fingerprint density at radius 3 is 2.07 bits per heavy atom. The molecule has 17 atom stereocenters. The zero-order valence-electron chi connectivity index (χ0n) is 31.9. The Morgan fingerprint density at radius 2 is 1.39 bits per heavy atom. The van der Waals surface area contributed by atoms with Gasteiger partial charge in [0.15, 0.2) is 0 Å². The summed E-state index contributed by atoms with van der Waals surface area (Å²) in [5.74, 6) is 15.0. The van der Waals surface area contributed by atoms with Crippen molar-refractivity contribution in [2.45, 2.75) is 167 Å². The van der Waals surface area contributed by atoms with Crippen molar-refractivity contribution in [3.8, 4) is 0 Å². The first-order valence-electron chi connectivity index (χ1n) is 20.6. The summed E-state index contributed by atoms with van der Waals surface area (Å²) in [5, 5.41) is 0. The molecule has 0 heterocycles. The van der Waals surface area contributed by atoms with Crippen molar-refractivity contribution in [2.24, 2.45) is 111 Å². The molecule has 6 fully saturated rings. The van der Waals surface area contributed by atoms with Crippen LogP contribution in [-0.4, -0.2) is 0 Å². The van der Waals surface area contributed by atoms with Crippen LogP contribution in [0.4, 0.5) is 0 Å². The molecule has 0 radical (unpaired) electrons. The van der Waals surface area contributed by atoms with E-state index in [4.69, 9.17) is 0 Å². The largest absolute Gasteiger partial charge is 0.0625 e. The molecular weight excluding hydrogens is 528 g/mol. The van der Waals surface area contributed by atoms with E-state index < -0.39 is 0 Å². The van der Waals surface area contributed by atoms with E-state index in [9.17, 15) is 0 Å². The molecule has 0 heteroatoms. The fourth-order valence-electron chi connectivity index (χ4n) is 16.6. The third-order valence-electron chi connectivity index (χ3n) is 18.3. The van der Waals surface area contributed by atoms with Crippen molar-refractivity contribution < 1.29 is 0 Å². The highest BCUT2D eigenvalue weighted by Crippen LogP contribution is 2.75. The van der Waals surface area contributed by atoms with Gasteiger partial charge in [0.05, 0.1) is 0 Å². The Kier molecular flexibility index (Phi) is 9.36. The first kappa shape index (κ1) is 33.9. The maximum absolute atomic E-state index is 2.84. The predicted molar refractivity (Wildman–Crippen MR) is 191 cm³/mol. The summed E-state index contributed by atoms with van der Waals surface area (Å²) in [7, 11) is 0. The molecule has 0 aromatic heterocycles. The van der Waals surface area contributed by atoms with Gasteiger partial charge in [-0.1, -0.05) is 115 Å². The Hall–Kier alpha value is 0. The molecule has 0 amide bonds. The minimum Gasteiger partial charge on any atom is -0.0625 e. The highest BCUT2D eigenvalue weighted by atomic mass is 14.7. The second-order valence-corrected chi connectivity index (χ2v) is 21.0. The second kappa shape index (κ2) is 12.2. The summed E-state index contributed by atoms with van der Waals surface area (Å²) >= 11 is 0. The summed E-state index contributed by atoms with van der Waals surface area (Å²) < 4.78 is 0. The molecule has 17 unspecified atom stereocenters. The number of hydrogen-bond donors (Lipinski definition) is 0. The summed E-state index contributed by atoms with van der Waals surface area (Å²) in [4.78, 5) is 0. The normalized spacial score (nSPS) is 56.3. The molecule has 0 N–H and O–H groups in total. The first-order valence-corrected chi connectivity index (χ1v) is 20.6. The number of fused-ring (bicyclic) bond motifs is 3. The van der Waals surface area contributed by atoms with Gasteiger partial charge in [-0.2, -0.15) is 0 Å². The summed E-state index contributed by atoms with van der Waals surface area (Å²) in [6.07, 6.45) is 20.0. The zero-order valence-corrected chi connectivity index (χ0v) is 31.9. The average Bonchev–Trinajstić information content (AvgIpc) is 3.40. The monoisotopic (exact) mass is 607 g/mol. The number of hydrogen-bond acceptors (Lipinski definition) is 0. The lowest BCUT2D eigenvalue weighted by atomic mass is 9.32. The molecule has 0 aromatic rings. The molecule has 6 aliphatic rings. The Balaban J connectivity index is 1.21. The molecule has 0 nitrogen and oxygen atoms in total. The van der Waals surface area contributed by atoms with E-state index in [0.717, 1.165) is 94.7 Å². The lowest BCUT2D eigenvalue weighted by Gasteiger charge is -2.73. The summed E-state index contributed by atoms with van der Waals surface area (Å²) in [6.45, 7) is 32.1. The van der Waals surface area contributed by atoms with Crippen molar-refractivity contribution in [3.05, 3.63) is 0 Å². The van der Waals surface area contributed by atoms with E-state index in [2.05, 4.69) is 83.1 Å². The second-order valence-electron chi connectivity index (χ2n) is 21.0. The van der Waals surface area contributed by atoms with E-state index in [1.807, 2.05) is 0 Å². The Morgan fingerprint density at radius 1 is 0.682 bits per heavy atom. The van der Waals surface area contributed by atoms with E-state index >= 15 is 0 Å². The topological polar surface area (TPSA) is 0 Å². The van der Waals surface area contributed by atoms with Gasteiger partial charge in [0.1, 0.15) is 0 Å². The van der Waals surface area contributed by atoms with Crippen molar-refractivity contribution in [2.75, 3.05) is 0 Å². The predicted octanol–water partition coefficient (Wildman–Crippen LogP) is 13.2. The molecule has 6 saturated carbocycles. The molecule has 254 valence electrons. The highest BCUT2D eigenvalue weighted by Gasteiger charge is 2.68. The maximum atomic E-state index is 2.84. The van der Waals surface area contributed by atoms with E-state index in [1.54, 1.807) is 51.4 Å². The third-order valence-corrected chi connectivity index (χ3v) is 18.3. The van der Waals surface area contributed by atoms with Crippen molar-refractivity contribution >= 4 is 0 Å². The molecule has 0 saturated heterocycles. The average molecular weight is 607 g/mol. The van der Waals surface area contributed by atoms with Crippen molar-refractivity contribution in [1.82, 2.24) is 0 Å². The van der Waals surface area contributed by atoms with Gasteiger partial charge in [-0.05, 0) is 162 Å². The Bertz CT molecular complexity index is 992. The van der Waals surface area contributed by atoms with Crippen molar-refractivity contribution in [3.63, 3.8) is 0 Å². The van der Waals surface area contributed by atoms with Crippen LogP contribution in [0.3, 0.4) is 0 Å². The first-order chi connectivity index (χ1) is 20.6. The minimum absolute atomic E-state index is 0.462. The molecule has 6 aliphatic carbocycles. The molecule has 0 aliphatic heterocycles. The van der Waals surface area contributed by atoms with Crippen LogP contribution < -0.4 is 0 Å². The quantitative estimate of drug-likeness (QED) is 0.292. The van der Waals surface area contributed by atoms with Crippen LogP contribution in [0.15, 0.2) is 0 Å². The molecular formula is C44H78. The van der Waals surface area contributed by atoms with Crippen LogP contribution in [0.5, 0.6) is 0 Å². The highest BCUT2D eigenvalue weighted by molar-refractivity contribution is 5.17. The maximum Gasteiger partial charge on any atom is -0.0215 e. The van der Waals surface area contributed by atoms with Gasteiger partial charge in [0.25, 0.3) is 0 Å². The molecule has 6 rings (SSSR count). The van der Waals surface area contributed by atoms with Gasteiger partial charge in [0, 0.05) is 0 Å². The third kappa shape index (κ3) is 5.34. The van der Waals surface area contributed by atoms with Gasteiger partial charge < -0.3 is 0 Å². The lowest BCUT2D eigenvalue weighted by molar-refractivity contribution is -0.248. The van der Waals surface area contributed by atoms with Gasteiger partial charge in [-0.15, -0.1) is 0 Å². The zero-order chi connectivity index (χ0) is 31.9. The van der Waals surface area contributed by atoms with Crippen LogP contribution in [0.1, 0.15) is 167 Å². The van der Waals surface area contributed by atoms with Gasteiger partial charge in [0.2, 0.25) is 0 Å². The fourth-order valence-corrected chi connectivity index (χ4v) is 16.6.